The maximum Gasteiger partial charge on any atom is 0.331 e. The molecule has 0 radical (unpaired) electrons. The number of rotatable bonds is 8. The lowest BCUT2D eigenvalue weighted by molar-refractivity contribution is 0.172. The molecule has 0 fully saturated rings. The SMILES string of the molecule is CC(C)(C)CCO/C=C/OCCC(C)(C)P(=O)(O)O. The van der Waals surface area contributed by atoms with Gasteiger partial charge in [-0.25, -0.2) is 0 Å². The summed E-state index contributed by atoms with van der Waals surface area (Å²) in [5.74, 6) is 0. The van der Waals surface area contributed by atoms with Crippen LogP contribution in [0.4, 0.5) is 0 Å². The van der Waals surface area contributed by atoms with Gasteiger partial charge in [-0.2, -0.15) is 0 Å². The molecular formula is C13H27O5P. The van der Waals surface area contributed by atoms with Crippen molar-refractivity contribution in [1.82, 2.24) is 0 Å². The Hall–Kier alpha value is -0.510. The van der Waals surface area contributed by atoms with Crippen molar-refractivity contribution in [3.63, 3.8) is 0 Å². The van der Waals surface area contributed by atoms with Crippen molar-refractivity contribution in [2.24, 2.45) is 5.41 Å². The van der Waals surface area contributed by atoms with E-state index in [9.17, 15) is 4.57 Å². The third-order valence-corrected chi connectivity index (χ3v) is 4.64. The predicted octanol–water partition coefficient (Wildman–Crippen LogP) is 3.27. The molecule has 0 aliphatic heterocycles. The minimum Gasteiger partial charge on any atom is -0.498 e. The topological polar surface area (TPSA) is 76.0 Å². The maximum absolute atomic E-state index is 11.1. The van der Waals surface area contributed by atoms with Crippen molar-refractivity contribution >= 4 is 7.60 Å². The molecule has 0 aliphatic carbocycles. The second kappa shape index (κ2) is 7.32. The third kappa shape index (κ3) is 9.09. The van der Waals surface area contributed by atoms with Gasteiger partial charge >= 0.3 is 7.60 Å². The average Bonchev–Trinajstić information content (AvgIpc) is 2.18. The molecule has 114 valence electrons. The molecule has 0 heterocycles. The van der Waals surface area contributed by atoms with Gasteiger partial charge in [-0.3, -0.25) is 4.57 Å². The standard InChI is InChI=1S/C13H27O5P/c1-12(2,3)6-8-17-10-11-18-9-7-13(4,5)19(14,15)16/h10-11H,6-9H2,1-5H3,(H2,14,15,16)/b11-10+. The van der Waals surface area contributed by atoms with Gasteiger partial charge < -0.3 is 19.3 Å². The zero-order chi connectivity index (χ0) is 15.2. The largest absolute Gasteiger partial charge is 0.498 e. The molecule has 0 aliphatic rings. The summed E-state index contributed by atoms with van der Waals surface area (Å²) in [6, 6.07) is 0. The molecule has 0 atom stereocenters. The van der Waals surface area contributed by atoms with Crippen LogP contribution in [0.5, 0.6) is 0 Å². The van der Waals surface area contributed by atoms with E-state index >= 15 is 0 Å². The van der Waals surface area contributed by atoms with Crippen molar-refractivity contribution in [2.45, 2.75) is 52.6 Å². The summed E-state index contributed by atoms with van der Waals surface area (Å²) in [5, 5.41) is -1.06. The Labute approximate surface area is 116 Å². The van der Waals surface area contributed by atoms with E-state index in [4.69, 9.17) is 19.3 Å². The first-order valence-corrected chi connectivity index (χ1v) is 8.01. The summed E-state index contributed by atoms with van der Waals surface area (Å²) in [6.07, 6.45) is 4.11. The lowest BCUT2D eigenvalue weighted by atomic mass is 9.93. The molecule has 0 saturated heterocycles. The van der Waals surface area contributed by atoms with Crippen LogP contribution >= 0.6 is 7.60 Å². The van der Waals surface area contributed by atoms with E-state index < -0.39 is 12.8 Å². The highest BCUT2D eigenvalue weighted by Gasteiger charge is 2.37. The second-order valence-corrected chi connectivity index (χ2v) is 8.73. The molecule has 0 unspecified atom stereocenters. The Morgan fingerprint density at radius 1 is 0.947 bits per heavy atom. The smallest absolute Gasteiger partial charge is 0.331 e. The average molecular weight is 294 g/mol. The third-order valence-electron chi connectivity index (χ3n) is 2.84. The fourth-order valence-electron chi connectivity index (χ4n) is 1.03. The minimum absolute atomic E-state index is 0.238. The van der Waals surface area contributed by atoms with Crippen LogP contribution in [0.1, 0.15) is 47.5 Å². The minimum atomic E-state index is -4.09. The van der Waals surface area contributed by atoms with Gasteiger partial charge in [0.2, 0.25) is 0 Å². The van der Waals surface area contributed by atoms with Crippen molar-refractivity contribution < 1.29 is 23.8 Å². The molecule has 6 heteroatoms. The number of hydrogen-bond acceptors (Lipinski definition) is 3. The first kappa shape index (κ1) is 18.5. The van der Waals surface area contributed by atoms with E-state index in [1.54, 1.807) is 0 Å². The van der Waals surface area contributed by atoms with Gasteiger partial charge in [-0.15, -0.1) is 0 Å². The first-order chi connectivity index (χ1) is 8.46. The van der Waals surface area contributed by atoms with Gasteiger partial charge in [0, 0.05) is 0 Å². The highest BCUT2D eigenvalue weighted by molar-refractivity contribution is 7.53. The van der Waals surface area contributed by atoms with Crippen LogP contribution < -0.4 is 0 Å². The van der Waals surface area contributed by atoms with E-state index in [-0.39, 0.29) is 18.4 Å². The van der Waals surface area contributed by atoms with Crippen molar-refractivity contribution in [3.8, 4) is 0 Å². The molecule has 0 saturated carbocycles. The molecular weight excluding hydrogens is 267 g/mol. The van der Waals surface area contributed by atoms with Gasteiger partial charge in [0.25, 0.3) is 0 Å². The number of hydrogen-bond donors (Lipinski definition) is 2. The Bertz CT molecular complexity index is 324. The van der Waals surface area contributed by atoms with Crippen molar-refractivity contribution in [2.75, 3.05) is 13.2 Å². The van der Waals surface area contributed by atoms with Gasteiger partial charge in [0.1, 0.15) is 12.5 Å². The van der Waals surface area contributed by atoms with E-state index in [0.717, 1.165) is 6.42 Å². The predicted molar refractivity (Wildman–Crippen MR) is 75.9 cm³/mol. The lowest BCUT2D eigenvalue weighted by Gasteiger charge is -2.25. The van der Waals surface area contributed by atoms with Crippen LogP contribution in [0.3, 0.4) is 0 Å². The maximum atomic E-state index is 11.1. The fourth-order valence-corrected chi connectivity index (χ4v) is 1.42. The highest BCUT2D eigenvalue weighted by atomic mass is 31.2. The second-order valence-electron chi connectivity index (χ2n) is 6.43. The Morgan fingerprint density at radius 2 is 1.37 bits per heavy atom. The summed E-state index contributed by atoms with van der Waals surface area (Å²) in [6.45, 7) is 10.3. The molecule has 19 heavy (non-hydrogen) atoms. The van der Waals surface area contributed by atoms with Crippen LogP contribution in [-0.4, -0.2) is 28.2 Å². The zero-order valence-electron chi connectivity index (χ0n) is 12.5. The van der Waals surface area contributed by atoms with E-state index in [2.05, 4.69) is 20.8 Å². The first-order valence-electron chi connectivity index (χ1n) is 6.40. The van der Waals surface area contributed by atoms with Gasteiger partial charge in [-0.1, -0.05) is 20.8 Å². The monoisotopic (exact) mass is 294 g/mol. The normalized spacial score (nSPS) is 13.8. The molecule has 0 bridgehead atoms. The van der Waals surface area contributed by atoms with E-state index in [1.165, 1.54) is 26.4 Å². The van der Waals surface area contributed by atoms with E-state index in [0.29, 0.717) is 6.61 Å². The molecule has 0 amide bonds. The van der Waals surface area contributed by atoms with Crippen LogP contribution in [-0.2, 0) is 14.0 Å². The van der Waals surface area contributed by atoms with Gasteiger partial charge in [-0.05, 0) is 32.1 Å². The Morgan fingerprint density at radius 3 is 1.74 bits per heavy atom. The van der Waals surface area contributed by atoms with Gasteiger partial charge in [0.15, 0.2) is 0 Å². The quantitative estimate of drug-likeness (QED) is 0.408. The molecule has 0 rings (SSSR count). The van der Waals surface area contributed by atoms with Crippen molar-refractivity contribution in [1.29, 1.82) is 0 Å². The summed E-state index contributed by atoms with van der Waals surface area (Å²) in [5.41, 5.74) is 0.238. The van der Waals surface area contributed by atoms with Crippen LogP contribution in [0.25, 0.3) is 0 Å². The summed E-state index contributed by atoms with van der Waals surface area (Å²) in [7, 11) is -4.09. The molecule has 0 aromatic heterocycles. The zero-order valence-corrected chi connectivity index (χ0v) is 13.4. The summed E-state index contributed by atoms with van der Waals surface area (Å²) in [4.78, 5) is 18.2. The molecule has 0 aromatic carbocycles. The summed E-state index contributed by atoms with van der Waals surface area (Å²) < 4.78 is 21.5. The Balaban J connectivity index is 3.73. The van der Waals surface area contributed by atoms with E-state index in [1.807, 2.05) is 0 Å². The number of ether oxygens (including phenoxy) is 2. The van der Waals surface area contributed by atoms with Crippen LogP contribution in [0.2, 0.25) is 0 Å². The molecule has 5 nitrogen and oxygen atoms in total. The van der Waals surface area contributed by atoms with Gasteiger partial charge in [0.05, 0.1) is 18.4 Å². The summed E-state index contributed by atoms with van der Waals surface area (Å²) >= 11 is 0. The Kier molecular flexibility index (Phi) is 7.12. The molecule has 0 aromatic rings. The lowest BCUT2D eigenvalue weighted by Crippen LogP contribution is -2.21. The molecule has 2 N–H and O–H groups in total. The van der Waals surface area contributed by atoms with Crippen molar-refractivity contribution in [3.05, 3.63) is 12.5 Å². The highest BCUT2D eigenvalue weighted by Crippen LogP contribution is 2.51. The van der Waals surface area contributed by atoms with Crippen LogP contribution in [0.15, 0.2) is 12.5 Å². The van der Waals surface area contributed by atoms with Crippen LogP contribution in [0, 0.1) is 5.41 Å². The fraction of sp³-hybridized carbons (Fsp3) is 0.846. The molecule has 0 spiro atoms.